The average molecular weight is 436 g/mol. The molecule has 136 valence electrons. The number of rotatable bonds is 5. The van der Waals surface area contributed by atoms with E-state index in [1.807, 2.05) is 45.3 Å². The Balaban J connectivity index is 1.87. The Labute approximate surface area is 163 Å². The first-order valence-corrected chi connectivity index (χ1v) is 9.35. The lowest BCUT2D eigenvalue weighted by atomic mass is 10.2. The summed E-state index contributed by atoms with van der Waals surface area (Å²) in [5.41, 5.74) is 6.66. The van der Waals surface area contributed by atoms with Gasteiger partial charge in [-0.25, -0.2) is 4.68 Å². The molecule has 2 aromatic heterocycles. The summed E-state index contributed by atoms with van der Waals surface area (Å²) in [5, 5.41) is 8.81. The van der Waals surface area contributed by atoms with Crippen LogP contribution < -0.4 is 16.5 Å². The minimum Gasteiger partial charge on any atom is -0.368 e. The van der Waals surface area contributed by atoms with Crippen LogP contribution in [0.2, 0.25) is 0 Å². The summed E-state index contributed by atoms with van der Waals surface area (Å²) in [5.74, 6) is 8.00. The van der Waals surface area contributed by atoms with Crippen molar-refractivity contribution in [1.29, 1.82) is 0 Å². The van der Waals surface area contributed by atoms with Gasteiger partial charge in [-0.1, -0.05) is 39.8 Å². The zero-order valence-corrected chi connectivity index (χ0v) is 16.9. The topological polar surface area (TPSA) is 125 Å². The number of thioether (sulfide) groups is 1. The molecule has 0 spiro atoms. The molecule has 0 aliphatic heterocycles. The van der Waals surface area contributed by atoms with E-state index >= 15 is 0 Å². The molecule has 2 heterocycles. The molecule has 0 aliphatic rings. The third kappa shape index (κ3) is 3.73. The van der Waals surface area contributed by atoms with Crippen molar-refractivity contribution in [3.05, 3.63) is 34.6 Å². The first-order valence-electron chi connectivity index (χ1n) is 7.67. The van der Waals surface area contributed by atoms with Crippen LogP contribution in [0, 0.1) is 0 Å². The van der Waals surface area contributed by atoms with Gasteiger partial charge >= 0.3 is 0 Å². The minimum atomic E-state index is -0.141. The van der Waals surface area contributed by atoms with Crippen LogP contribution in [0.5, 0.6) is 0 Å². The highest BCUT2D eigenvalue weighted by atomic mass is 79.9. The van der Waals surface area contributed by atoms with Gasteiger partial charge in [0.1, 0.15) is 5.82 Å². The fourth-order valence-electron chi connectivity index (χ4n) is 2.17. The third-order valence-electron chi connectivity index (χ3n) is 3.48. The molecule has 1 atom stereocenters. The number of nitrogens with zero attached hydrogens (tertiary/aromatic N) is 7. The van der Waals surface area contributed by atoms with Gasteiger partial charge in [-0.2, -0.15) is 15.0 Å². The van der Waals surface area contributed by atoms with Crippen molar-refractivity contribution in [2.45, 2.75) is 17.3 Å². The van der Waals surface area contributed by atoms with E-state index in [1.165, 1.54) is 16.4 Å². The fourth-order valence-corrected chi connectivity index (χ4v) is 3.45. The predicted molar refractivity (Wildman–Crippen MR) is 106 cm³/mol. The number of anilines is 2. The normalized spacial score (nSPS) is 12.2. The van der Waals surface area contributed by atoms with Crippen molar-refractivity contribution in [1.82, 2.24) is 29.8 Å². The summed E-state index contributed by atoms with van der Waals surface area (Å²) in [7, 11) is 3.69. The van der Waals surface area contributed by atoms with Crippen molar-refractivity contribution >= 4 is 39.6 Å². The molecule has 3 aromatic rings. The third-order valence-corrected chi connectivity index (χ3v) is 5.23. The molecule has 0 fully saturated rings. The van der Waals surface area contributed by atoms with Crippen LogP contribution in [-0.4, -0.2) is 43.9 Å². The Morgan fingerprint density at radius 1 is 1.15 bits per heavy atom. The second-order valence-corrected chi connectivity index (χ2v) is 7.82. The Morgan fingerprint density at radius 2 is 1.88 bits per heavy atom. The maximum atomic E-state index is 6.20. The van der Waals surface area contributed by atoms with Crippen LogP contribution in [0.25, 0.3) is 11.4 Å². The van der Waals surface area contributed by atoms with Gasteiger partial charge in [-0.3, -0.25) is 0 Å². The molecule has 0 saturated heterocycles. The molecule has 1 unspecified atom stereocenters. The molecular weight excluding hydrogens is 418 g/mol. The molecule has 1 aromatic carbocycles. The van der Waals surface area contributed by atoms with Gasteiger partial charge in [0, 0.05) is 24.1 Å². The van der Waals surface area contributed by atoms with Crippen LogP contribution in [0.15, 0.2) is 33.9 Å². The van der Waals surface area contributed by atoms with E-state index in [4.69, 9.17) is 11.6 Å². The lowest BCUT2D eigenvalue weighted by Gasteiger charge is -2.14. The van der Waals surface area contributed by atoms with E-state index in [-0.39, 0.29) is 11.2 Å². The lowest BCUT2D eigenvalue weighted by Crippen LogP contribution is -2.17. The summed E-state index contributed by atoms with van der Waals surface area (Å²) < 4.78 is 2.35. The van der Waals surface area contributed by atoms with E-state index < -0.39 is 0 Å². The summed E-state index contributed by atoms with van der Waals surface area (Å²) in [4.78, 5) is 14.5. The summed E-state index contributed by atoms with van der Waals surface area (Å²) in [6, 6.07) is 7.69. The van der Waals surface area contributed by atoms with Crippen molar-refractivity contribution in [2.24, 2.45) is 0 Å². The van der Waals surface area contributed by atoms with Gasteiger partial charge in [0.05, 0.1) is 5.25 Å². The van der Waals surface area contributed by atoms with Crippen LogP contribution in [0.1, 0.15) is 18.0 Å². The second-order valence-electron chi connectivity index (χ2n) is 5.66. The smallest absolute Gasteiger partial charge is 0.229 e. The molecule has 0 aliphatic carbocycles. The SMILES string of the molecule is CC(Sc1nnc(-c2ccccc2Br)n1N)c1nc(N)nc(N(C)C)n1. The molecule has 0 radical (unpaired) electrons. The molecule has 11 heteroatoms. The maximum Gasteiger partial charge on any atom is 0.229 e. The average Bonchev–Trinajstić information content (AvgIpc) is 2.95. The highest BCUT2D eigenvalue weighted by molar-refractivity contribution is 9.10. The van der Waals surface area contributed by atoms with E-state index in [0.29, 0.717) is 22.8 Å². The number of benzene rings is 1. The Bertz CT molecular complexity index is 927. The van der Waals surface area contributed by atoms with Gasteiger partial charge in [0.15, 0.2) is 5.82 Å². The largest absolute Gasteiger partial charge is 0.368 e. The standard InChI is InChI=1S/C15H18BrN9S/c1-8(11-19-13(17)21-14(20-11)24(2)3)26-15-23-22-12(25(15)18)9-6-4-5-7-10(9)16/h4-8H,18H2,1-3H3,(H2,17,19,20,21). The van der Waals surface area contributed by atoms with Crippen molar-refractivity contribution in [3.63, 3.8) is 0 Å². The molecule has 3 rings (SSSR count). The van der Waals surface area contributed by atoms with Crippen molar-refractivity contribution in [3.8, 4) is 11.4 Å². The highest BCUT2D eigenvalue weighted by Gasteiger charge is 2.20. The summed E-state index contributed by atoms with van der Waals surface area (Å²) >= 11 is 4.90. The van der Waals surface area contributed by atoms with Gasteiger partial charge < -0.3 is 16.5 Å². The quantitative estimate of drug-likeness (QED) is 0.457. The first kappa shape index (κ1) is 18.4. The maximum absolute atomic E-state index is 6.20. The van der Waals surface area contributed by atoms with Crippen LogP contribution in [0.4, 0.5) is 11.9 Å². The van der Waals surface area contributed by atoms with Crippen LogP contribution in [-0.2, 0) is 0 Å². The number of nitrogen functional groups attached to an aromatic ring is 2. The number of hydrogen-bond donors (Lipinski definition) is 2. The van der Waals surface area contributed by atoms with Crippen molar-refractivity contribution < 1.29 is 0 Å². The molecular formula is C15H18BrN9S. The zero-order chi connectivity index (χ0) is 18.8. The minimum absolute atomic E-state index is 0.141. The Morgan fingerprint density at radius 3 is 2.58 bits per heavy atom. The Kier molecular flexibility index (Phi) is 5.28. The molecule has 0 amide bonds. The van der Waals surface area contributed by atoms with Gasteiger partial charge in [-0.05, 0) is 19.1 Å². The number of halogens is 1. The first-order chi connectivity index (χ1) is 12.4. The molecule has 26 heavy (non-hydrogen) atoms. The fraction of sp³-hybridized carbons (Fsp3) is 0.267. The summed E-state index contributed by atoms with van der Waals surface area (Å²) in [6.45, 7) is 1.95. The number of hydrogen-bond acceptors (Lipinski definition) is 9. The highest BCUT2D eigenvalue weighted by Crippen LogP contribution is 2.34. The van der Waals surface area contributed by atoms with E-state index in [0.717, 1.165) is 10.0 Å². The van der Waals surface area contributed by atoms with Gasteiger partial charge in [0.2, 0.25) is 17.1 Å². The van der Waals surface area contributed by atoms with Crippen LogP contribution in [0.3, 0.4) is 0 Å². The summed E-state index contributed by atoms with van der Waals surface area (Å²) in [6.07, 6.45) is 0. The van der Waals surface area contributed by atoms with Gasteiger partial charge in [0.25, 0.3) is 0 Å². The molecule has 9 nitrogen and oxygen atoms in total. The van der Waals surface area contributed by atoms with Crippen LogP contribution >= 0.6 is 27.7 Å². The Hall–Kier alpha value is -2.40. The monoisotopic (exact) mass is 435 g/mol. The molecule has 0 saturated carbocycles. The van der Waals surface area contributed by atoms with E-state index in [1.54, 1.807) is 4.90 Å². The number of aromatic nitrogens is 6. The van der Waals surface area contributed by atoms with Crippen molar-refractivity contribution in [2.75, 3.05) is 30.6 Å². The van der Waals surface area contributed by atoms with Gasteiger partial charge in [-0.15, -0.1) is 10.2 Å². The zero-order valence-electron chi connectivity index (χ0n) is 14.5. The second kappa shape index (κ2) is 7.46. The molecule has 0 bridgehead atoms. The molecule has 4 N–H and O–H groups in total. The van der Waals surface area contributed by atoms with E-state index in [9.17, 15) is 0 Å². The lowest BCUT2D eigenvalue weighted by molar-refractivity contribution is 0.826. The number of nitrogens with two attached hydrogens (primary N) is 2. The van der Waals surface area contributed by atoms with E-state index in [2.05, 4.69) is 41.1 Å². The predicted octanol–water partition coefficient (Wildman–Crippen LogP) is 2.11.